The third-order valence-corrected chi connectivity index (χ3v) is 3.86. The van der Waals surface area contributed by atoms with Crippen LogP contribution in [0.3, 0.4) is 0 Å². The summed E-state index contributed by atoms with van der Waals surface area (Å²) in [4.78, 5) is 31.6. The van der Waals surface area contributed by atoms with Crippen molar-refractivity contribution < 1.29 is 9.59 Å². The van der Waals surface area contributed by atoms with Crippen LogP contribution in [0, 0.1) is 0 Å². The standard InChI is InChI=1S/C13H10BrN3O2/c14-9-3-1-2-7-11(15-6-16-12(7)9)8-4-5-10(18)17-13(8)19/h1-3,6,8H,4-5H2,(H,17,18,19). The molecular formula is C13H10BrN3O2. The average Bonchev–Trinajstić information content (AvgIpc) is 2.39. The first-order valence-corrected chi connectivity index (χ1v) is 6.69. The number of carbonyl (C=O) groups excluding carboxylic acids is 2. The van der Waals surface area contributed by atoms with Crippen LogP contribution in [-0.4, -0.2) is 21.8 Å². The van der Waals surface area contributed by atoms with Gasteiger partial charge in [-0.05, 0) is 28.4 Å². The van der Waals surface area contributed by atoms with E-state index in [0.29, 0.717) is 18.5 Å². The summed E-state index contributed by atoms with van der Waals surface area (Å²) in [6.07, 6.45) is 2.28. The number of halogens is 1. The third-order valence-electron chi connectivity index (χ3n) is 3.22. The molecule has 1 aromatic carbocycles. The van der Waals surface area contributed by atoms with E-state index in [2.05, 4.69) is 31.2 Å². The largest absolute Gasteiger partial charge is 0.296 e. The van der Waals surface area contributed by atoms with Gasteiger partial charge in [-0.1, -0.05) is 12.1 Å². The molecule has 6 heteroatoms. The molecule has 1 aliphatic heterocycles. The van der Waals surface area contributed by atoms with Gasteiger partial charge in [-0.2, -0.15) is 0 Å². The minimum atomic E-state index is -0.391. The van der Waals surface area contributed by atoms with Crippen LogP contribution in [0.2, 0.25) is 0 Å². The van der Waals surface area contributed by atoms with Gasteiger partial charge in [0.2, 0.25) is 11.8 Å². The first kappa shape index (κ1) is 12.2. The maximum absolute atomic E-state index is 11.9. The molecule has 1 fully saturated rings. The summed E-state index contributed by atoms with van der Waals surface area (Å²) < 4.78 is 0.862. The SMILES string of the molecule is O=C1CCC(c2ncnc3c(Br)cccc23)C(=O)N1. The molecule has 1 N–H and O–H groups in total. The topological polar surface area (TPSA) is 72.0 Å². The number of aromatic nitrogens is 2. The van der Waals surface area contributed by atoms with Crippen molar-refractivity contribution in [1.82, 2.24) is 15.3 Å². The summed E-state index contributed by atoms with van der Waals surface area (Å²) in [5, 5.41) is 3.20. The number of para-hydroxylation sites is 1. The van der Waals surface area contributed by atoms with Crippen LogP contribution in [-0.2, 0) is 9.59 Å². The fraction of sp³-hybridized carbons (Fsp3) is 0.231. The Morgan fingerprint density at radius 2 is 2.11 bits per heavy atom. The number of carbonyl (C=O) groups is 2. The van der Waals surface area contributed by atoms with E-state index in [0.717, 1.165) is 15.4 Å². The van der Waals surface area contributed by atoms with Crippen molar-refractivity contribution in [2.75, 3.05) is 0 Å². The van der Waals surface area contributed by atoms with Gasteiger partial charge in [0.05, 0.1) is 17.1 Å². The second kappa shape index (κ2) is 4.70. The minimum Gasteiger partial charge on any atom is -0.296 e. The molecular weight excluding hydrogens is 310 g/mol. The molecule has 3 rings (SSSR count). The molecule has 1 aromatic heterocycles. The summed E-state index contributed by atoms with van der Waals surface area (Å²) in [6, 6.07) is 5.66. The summed E-state index contributed by atoms with van der Waals surface area (Å²) in [7, 11) is 0. The zero-order valence-corrected chi connectivity index (χ0v) is 11.5. The lowest BCUT2D eigenvalue weighted by atomic mass is 9.92. The maximum Gasteiger partial charge on any atom is 0.235 e. The van der Waals surface area contributed by atoms with E-state index in [-0.39, 0.29) is 11.8 Å². The highest BCUT2D eigenvalue weighted by Gasteiger charge is 2.30. The van der Waals surface area contributed by atoms with Crippen LogP contribution >= 0.6 is 15.9 Å². The van der Waals surface area contributed by atoms with Crippen LogP contribution in [0.25, 0.3) is 10.9 Å². The first-order chi connectivity index (χ1) is 9.16. The summed E-state index contributed by atoms with van der Waals surface area (Å²) >= 11 is 3.43. The van der Waals surface area contributed by atoms with Gasteiger partial charge in [-0.25, -0.2) is 9.97 Å². The van der Waals surface area contributed by atoms with E-state index in [1.54, 1.807) is 0 Å². The number of hydrogen-bond donors (Lipinski definition) is 1. The van der Waals surface area contributed by atoms with E-state index in [9.17, 15) is 9.59 Å². The van der Waals surface area contributed by atoms with Crippen molar-refractivity contribution in [2.24, 2.45) is 0 Å². The van der Waals surface area contributed by atoms with Crippen molar-refractivity contribution in [3.63, 3.8) is 0 Å². The number of nitrogens with one attached hydrogen (secondary N) is 1. The number of nitrogens with zero attached hydrogens (tertiary/aromatic N) is 2. The van der Waals surface area contributed by atoms with Crippen molar-refractivity contribution in [2.45, 2.75) is 18.8 Å². The summed E-state index contributed by atoms with van der Waals surface area (Å²) in [5.74, 6) is -0.894. The highest BCUT2D eigenvalue weighted by Crippen LogP contribution is 2.30. The van der Waals surface area contributed by atoms with Crippen molar-refractivity contribution in [3.05, 3.63) is 34.7 Å². The van der Waals surface area contributed by atoms with Crippen LogP contribution < -0.4 is 5.32 Å². The Morgan fingerprint density at radius 1 is 1.26 bits per heavy atom. The van der Waals surface area contributed by atoms with Gasteiger partial charge in [-0.15, -0.1) is 0 Å². The molecule has 19 heavy (non-hydrogen) atoms. The number of piperidine rings is 1. The molecule has 2 amide bonds. The normalized spacial score (nSPS) is 19.5. The highest BCUT2D eigenvalue weighted by molar-refractivity contribution is 9.10. The molecule has 96 valence electrons. The predicted octanol–water partition coefficient (Wildman–Crippen LogP) is 1.91. The summed E-state index contributed by atoms with van der Waals surface area (Å²) in [5.41, 5.74) is 1.45. The lowest BCUT2D eigenvalue weighted by Gasteiger charge is -2.21. The minimum absolute atomic E-state index is 0.221. The Balaban J connectivity index is 2.13. The number of hydrogen-bond acceptors (Lipinski definition) is 4. The van der Waals surface area contributed by atoms with Gasteiger partial charge in [0, 0.05) is 16.3 Å². The van der Waals surface area contributed by atoms with E-state index in [1.165, 1.54) is 6.33 Å². The van der Waals surface area contributed by atoms with E-state index >= 15 is 0 Å². The van der Waals surface area contributed by atoms with Crippen LogP contribution in [0.5, 0.6) is 0 Å². The zero-order valence-electron chi connectivity index (χ0n) is 9.89. The molecule has 5 nitrogen and oxygen atoms in total. The Kier molecular flexibility index (Phi) is 3.02. The second-order valence-electron chi connectivity index (χ2n) is 4.40. The molecule has 1 unspecified atom stereocenters. The monoisotopic (exact) mass is 319 g/mol. The van der Waals surface area contributed by atoms with Gasteiger partial charge in [-0.3, -0.25) is 14.9 Å². The lowest BCUT2D eigenvalue weighted by molar-refractivity contribution is -0.134. The number of rotatable bonds is 1. The number of imide groups is 1. The second-order valence-corrected chi connectivity index (χ2v) is 5.25. The number of fused-ring (bicyclic) bond motifs is 1. The fourth-order valence-electron chi connectivity index (χ4n) is 2.30. The van der Waals surface area contributed by atoms with Gasteiger partial charge < -0.3 is 0 Å². The smallest absolute Gasteiger partial charge is 0.235 e. The highest BCUT2D eigenvalue weighted by atomic mass is 79.9. The molecule has 0 spiro atoms. The molecule has 1 aliphatic rings. The average molecular weight is 320 g/mol. The fourth-order valence-corrected chi connectivity index (χ4v) is 2.77. The van der Waals surface area contributed by atoms with Crippen molar-refractivity contribution >= 4 is 38.6 Å². The van der Waals surface area contributed by atoms with Crippen molar-refractivity contribution in [3.8, 4) is 0 Å². The van der Waals surface area contributed by atoms with Gasteiger partial charge in [0.1, 0.15) is 6.33 Å². The molecule has 2 aromatic rings. The van der Waals surface area contributed by atoms with E-state index in [4.69, 9.17) is 0 Å². The molecule has 0 saturated carbocycles. The first-order valence-electron chi connectivity index (χ1n) is 5.89. The van der Waals surface area contributed by atoms with E-state index < -0.39 is 5.92 Å². The molecule has 1 saturated heterocycles. The van der Waals surface area contributed by atoms with Crippen molar-refractivity contribution in [1.29, 1.82) is 0 Å². The number of amides is 2. The molecule has 0 bridgehead atoms. The molecule has 2 heterocycles. The lowest BCUT2D eigenvalue weighted by Crippen LogP contribution is -2.39. The Morgan fingerprint density at radius 3 is 2.89 bits per heavy atom. The Hall–Kier alpha value is -1.82. The van der Waals surface area contributed by atoms with Crippen LogP contribution in [0.1, 0.15) is 24.5 Å². The van der Waals surface area contributed by atoms with Gasteiger partial charge in [0.15, 0.2) is 0 Å². The Bertz CT molecular complexity index is 687. The Labute approximate surface area is 117 Å². The third kappa shape index (κ3) is 2.12. The quantitative estimate of drug-likeness (QED) is 0.815. The summed E-state index contributed by atoms with van der Waals surface area (Å²) in [6.45, 7) is 0. The molecule has 0 aliphatic carbocycles. The molecule has 0 radical (unpaired) electrons. The maximum atomic E-state index is 11.9. The van der Waals surface area contributed by atoms with Gasteiger partial charge in [0.25, 0.3) is 0 Å². The molecule has 1 atom stereocenters. The van der Waals surface area contributed by atoms with Crippen LogP contribution in [0.4, 0.5) is 0 Å². The predicted molar refractivity (Wildman–Crippen MR) is 72.4 cm³/mol. The number of benzene rings is 1. The zero-order chi connectivity index (χ0) is 13.4. The van der Waals surface area contributed by atoms with Crippen LogP contribution in [0.15, 0.2) is 29.0 Å². The van der Waals surface area contributed by atoms with Gasteiger partial charge >= 0.3 is 0 Å². The van der Waals surface area contributed by atoms with E-state index in [1.807, 2.05) is 18.2 Å².